The van der Waals surface area contributed by atoms with E-state index < -0.39 is 0 Å². The number of hydrogen-bond acceptors (Lipinski definition) is 4. The Hall–Kier alpha value is -1.26. The van der Waals surface area contributed by atoms with Crippen molar-refractivity contribution in [2.45, 2.75) is 19.8 Å². The Bertz CT molecular complexity index is 532. The standard InChI is InChI=1S/C15H18ClNO3/c1-10-3-2-4-17(7-10)8-13(18)11-5-14-15(6-12(11)16)20-9-19-14/h5-6,10H,2-4,7-9H2,1H3. The topological polar surface area (TPSA) is 38.8 Å². The number of nitrogens with zero attached hydrogens (tertiary/aromatic N) is 1. The summed E-state index contributed by atoms with van der Waals surface area (Å²) in [6, 6.07) is 3.36. The predicted molar refractivity (Wildman–Crippen MR) is 76.7 cm³/mol. The van der Waals surface area contributed by atoms with E-state index in [-0.39, 0.29) is 12.6 Å². The van der Waals surface area contributed by atoms with Crippen LogP contribution in [0.5, 0.6) is 11.5 Å². The molecule has 1 atom stereocenters. The Labute approximate surface area is 123 Å². The van der Waals surface area contributed by atoms with Crippen molar-refractivity contribution in [2.75, 3.05) is 26.4 Å². The number of hydrogen-bond donors (Lipinski definition) is 0. The smallest absolute Gasteiger partial charge is 0.231 e. The highest BCUT2D eigenvalue weighted by molar-refractivity contribution is 6.34. The van der Waals surface area contributed by atoms with E-state index in [1.165, 1.54) is 6.42 Å². The minimum Gasteiger partial charge on any atom is -0.454 e. The first-order valence-corrected chi connectivity index (χ1v) is 7.36. The van der Waals surface area contributed by atoms with Gasteiger partial charge in [-0.1, -0.05) is 18.5 Å². The van der Waals surface area contributed by atoms with E-state index in [1.54, 1.807) is 12.1 Å². The van der Waals surface area contributed by atoms with Gasteiger partial charge in [0, 0.05) is 18.2 Å². The van der Waals surface area contributed by atoms with Gasteiger partial charge in [-0.15, -0.1) is 0 Å². The summed E-state index contributed by atoms with van der Waals surface area (Å²) in [5, 5.41) is 0.435. The molecule has 1 unspecified atom stereocenters. The van der Waals surface area contributed by atoms with Crippen LogP contribution in [0.25, 0.3) is 0 Å². The average Bonchev–Trinajstić information content (AvgIpc) is 2.84. The minimum atomic E-state index is 0.0439. The number of carbonyl (C=O) groups excluding carboxylic acids is 1. The number of carbonyl (C=O) groups is 1. The number of likely N-dealkylation sites (tertiary alicyclic amines) is 1. The van der Waals surface area contributed by atoms with Gasteiger partial charge < -0.3 is 9.47 Å². The summed E-state index contributed by atoms with van der Waals surface area (Å²) in [4.78, 5) is 14.6. The summed E-state index contributed by atoms with van der Waals surface area (Å²) in [6.45, 7) is 4.80. The lowest BCUT2D eigenvalue weighted by atomic mass is 9.99. The van der Waals surface area contributed by atoms with Gasteiger partial charge in [-0.2, -0.15) is 0 Å². The minimum absolute atomic E-state index is 0.0439. The highest BCUT2D eigenvalue weighted by atomic mass is 35.5. The third-order valence-corrected chi connectivity index (χ3v) is 4.18. The number of ether oxygens (including phenoxy) is 2. The first-order chi connectivity index (χ1) is 9.63. The second-order valence-corrected chi connectivity index (χ2v) is 6.00. The Balaban J connectivity index is 1.74. The fourth-order valence-electron chi connectivity index (χ4n) is 2.85. The summed E-state index contributed by atoms with van der Waals surface area (Å²) < 4.78 is 10.6. The zero-order chi connectivity index (χ0) is 14.1. The van der Waals surface area contributed by atoms with E-state index in [0.717, 1.165) is 19.5 Å². The van der Waals surface area contributed by atoms with Crippen LogP contribution in [0.15, 0.2) is 12.1 Å². The largest absolute Gasteiger partial charge is 0.454 e. The maximum absolute atomic E-state index is 12.4. The molecule has 4 nitrogen and oxygen atoms in total. The Morgan fingerprint density at radius 1 is 1.40 bits per heavy atom. The summed E-state index contributed by atoms with van der Waals surface area (Å²) in [6.07, 6.45) is 2.40. The van der Waals surface area contributed by atoms with Crippen LogP contribution in [-0.4, -0.2) is 37.1 Å². The molecule has 1 aromatic rings. The van der Waals surface area contributed by atoms with E-state index in [9.17, 15) is 4.79 Å². The molecule has 0 radical (unpaired) electrons. The molecule has 0 aromatic heterocycles. The summed E-state index contributed by atoms with van der Waals surface area (Å²) >= 11 is 6.17. The van der Waals surface area contributed by atoms with Gasteiger partial charge in [0.25, 0.3) is 0 Å². The Morgan fingerprint density at radius 2 is 2.15 bits per heavy atom. The number of fused-ring (bicyclic) bond motifs is 1. The summed E-state index contributed by atoms with van der Waals surface area (Å²) in [5.74, 6) is 1.91. The molecule has 2 aliphatic rings. The number of benzene rings is 1. The molecular weight excluding hydrogens is 278 g/mol. The maximum Gasteiger partial charge on any atom is 0.231 e. The number of Topliss-reactive ketones (excluding diaryl/α,β-unsaturated/α-hetero) is 1. The third-order valence-electron chi connectivity index (χ3n) is 3.87. The van der Waals surface area contributed by atoms with Crippen molar-refractivity contribution in [3.8, 4) is 11.5 Å². The zero-order valence-electron chi connectivity index (χ0n) is 11.5. The molecule has 0 aliphatic carbocycles. The van der Waals surface area contributed by atoms with Gasteiger partial charge in [-0.3, -0.25) is 9.69 Å². The predicted octanol–water partition coefficient (Wildman–Crippen LogP) is 2.98. The van der Waals surface area contributed by atoms with E-state index in [0.29, 0.717) is 34.5 Å². The SMILES string of the molecule is CC1CCCN(CC(=O)c2cc3c(cc2Cl)OCO3)C1. The van der Waals surface area contributed by atoms with E-state index in [4.69, 9.17) is 21.1 Å². The lowest BCUT2D eigenvalue weighted by molar-refractivity contribution is 0.0892. The molecule has 0 bridgehead atoms. The van der Waals surface area contributed by atoms with Gasteiger partial charge in [0.2, 0.25) is 6.79 Å². The van der Waals surface area contributed by atoms with Crippen molar-refractivity contribution in [2.24, 2.45) is 5.92 Å². The van der Waals surface area contributed by atoms with Crippen LogP contribution < -0.4 is 9.47 Å². The lowest BCUT2D eigenvalue weighted by Crippen LogP contribution is -2.38. The monoisotopic (exact) mass is 295 g/mol. The average molecular weight is 296 g/mol. The van der Waals surface area contributed by atoms with Gasteiger partial charge in [0.1, 0.15) is 0 Å². The van der Waals surface area contributed by atoms with Crippen molar-refractivity contribution in [1.82, 2.24) is 4.90 Å². The molecule has 0 spiro atoms. The molecular formula is C15H18ClNO3. The number of piperidine rings is 1. The molecule has 108 valence electrons. The molecule has 0 N–H and O–H groups in total. The second-order valence-electron chi connectivity index (χ2n) is 5.59. The van der Waals surface area contributed by atoms with Crippen molar-refractivity contribution in [3.63, 3.8) is 0 Å². The number of ketones is 1. The number of halogens is 1. The Kier molecular flexibility index (Phi) is 3.85. The summed E-state index contributed by atoms with van der Waals surface area (Å²) in [7, 11) is 0. The van der Waals surface area contributed by atoms with Gasteiger partial charge in [-0.25, -0.2) is 0 Å². The van der Waals surface area contributed by atoms with Crippen LogP contribution in [0.1, 0.15) is 30.1 Å². The number of rotatable bonds is 3. The molecule has 5 heteroatoms. The van der Waals surface area contributed by atoms with Crippen molar-refractivity contribution in [3.05, 3.63) is 22.7 Å². The molecule has 1 aromatic carbocycles. The van der Waals surface area contributed by atoms with Crippen LogP contribution >= 0.6 is 11.6 Å². The zero-order valence-corrected chi connectivity index (χ0v) is 12.3. The highest BCUT2D eigenvalue weighted by Gasteiger charge is 2.23. The van der Waals surface area contributed by atoms with E-state index in [1.807, 2.05) is 0 Å². The first kappa shape index (κ1) is 13.7. The fraction of sp³-hybridized carbons (Fsp3) is 0.533. The molecule has 2 heterocycles. The molecule has 0 amide bonds. The molecule has 20 heavy (non-hydrogen) atoms. The third kappa shape index (κ3) is 2.76. The first-order valence-electron chi connectivity index (χ1n) is 6.98. The van der Waals surface area contributed by atoms with Crippen molar-refractivity contribution >= 4 is 17.4 Å². The van der Waals surface area contributed by atoms with Crippen LogP contribution in [-0.2, 0) is 0 Å². The van der Waals surface area contributed by atoms with Gasteiger partial charge in [0.15, 0.2) is 17.3 Å². The van der Waals surface area contributed by atoms with E-state index in [2.05, 4.69) is 11.8 Å². The normalized spacial score (nSPS) is 22.0. The van der Waals surface area contributed by atoms with Gasteiger partial charge in [0.05, 0.1) is 11.6 Å². The summed E-state index contributed by atoms with van der Waals surface area (Å²) in [5.41, 5.74) is 0.522. The van der Waals surface area contributed by atoms with Crippen molar-refractivity contribution < 1.29 is 14.3 Å². The lowest BCUT2D eigenvalue weighted by Gasteiger charge is -2.30. The highest BCUT2D eigenvalue weighted by Crippen LogP contribution is 2.37. The second kappa shape index (κ2) is 5.62. The van der Waals surface area contributed by atoms with Crippen LogP contribution in [0.2, 0.25) is 5.02 Å². The molecule has 1 fully saturated rings. The fourth-order valence-corrected chi connectivity index (χ4v) is 3.11. The molecule has 1 saturated heterocycles. The van der Waals surface area contributed by atoms with Gasteiger partial charge >= 0.3 is 0 Å². The van der Waals surface area contributed by atoms with Crippen LogP contribution in [0.3, 0.4) is 0 Å². The van der Waals surface area contributed by atoms with Crippen molar-refractivity contribution in [1.29, 1.82) is 0 Å². The maximum atomic E-state index is 12.4. The Morgan fingerprint density at radius 3 is 2.90 bits per heavy atom. The van der Waals surface area contributed by atoms with E-state index >= 15 is 0 Å². The molecule has 0 saturated carbocycles. The quantitative estimate of drug-likeness (QED) is 0.804. The molecule has 3 rings (SSSR count). The van der Waals surface area contributed by atoms with Crippen LogP contribution in [0.4, 0.5) is 0 Å². The van der Waals surface area contributed by atoms with Crippen LogP contribution in [0, 0.1) is 5.92 Å². The van der Waals surface area contributed by atoms with Gasteiger partial charge in [-0.05, 0) is 31.4 Å². The molecule has 2 aliphatic heterocycles.